The minimum absolute atomic E-state index is 0.153. The van der Waals surface area contributed by atoms with E-state index in [-0.39, 0.29) is 11.9 Å². The standard InChI is InChI=1S/C20H21N3O2/c1-3-25-17-11-9-16(10-12-17)20(24)22-18(15-7-5-4-6-8-15)19-21-13-14-23(19)2/h4-14,18H,3H2,1-2H3,(H,22,24)/t18-/m0/s1. The van der Waals surface area contributed by atoms with Crippen LogP contribution < -0.4 is 10.1 Å². The van der Waals surface area contributed by atoms with Gasteiger partial charge in [0.1, 0.15) is 17.6 Å². The van der Waals surface area contributed by atoms with E-state index in [9.17, 15) is 4.79 Å². The molecule has 0 saturated carbocycles. The van der Waals surface area contributed by atoms with Crippen LogP contribution in [0.1, 0.15) is 34.7 Å². The smallest absolute Gasteiger partial charge is 0.252 e. The first kappa shape index (κ1) is 16.8. The number of aryl methyl sites for hydroxylation is 1. The van der Waals surface area contributed by atoms with Crippen LogP contribution in [-0.2, 0) is 7.05 Å². The molecule has 1 N–H and O–H groups in total. The number of benzene rings is 2. The van der Waals surface area contributed by atoms with Crippen LogP contribution in [0.2, 0.25) is 0 Å². The zero-order chi connectivity index (χ0) is 17.6. The Balaban J connectivity index is 1.85. The number of ether oxygens (including phenoxy) is 1. The van der Waals surface area contributed by atoms with Crippen molar-refractivity contribution in [1.82, 2.24) is 14.9 Å². The Hall–Kier alpha value is -3.08. The van der Waals surface area contributed by atoms with E-state index in [2.05, 4.69) is 10.3 Å². The van der Waals surface area contributed by atoms with Gasteiger partial charge in [-0.3, -0.25) is 4.79 Å². The van der Waals surface area contributed by atoms with Crippen LogP contribution in [-0.4, -0.2) is 22.1 Å². The first-order valence-corrected chi connectivity index (χ1v) is 8.25. The third-order valence-electron chi connectivity index (χ3n) is 3.95. The van der Waals surface area contributed by atoms with Gasteiger partial charge in [-0.15, -0.1) is 0 Å². The summed E-state index contributed by atoms with van der Waals surface area (Å²) >= 11 is 0. The van der Waals surface area contributed by atoms with Crippen LogP contribution in [0.3, 0.4) is 0 Å². The molecule has 25 heavy (non-hydrogen) atoms. The summed E-state index contributed by atoms with van der Waals surface area (Å²) in [7, 11) is 1.92. The molecule has 3 aromatic rings. The predicted molar refractivity (Wildman–Crippen MR) is 96.6 cm³/mol. The minimum Gasteiger partial charge on any atom is -0.494 e. The molecule has 0 spiro atoms. The zero-order valence-electron chi connectivity index (χ0n) is 14.3. The third kappa shape index (κ3) is 3.88. The average molecular weight is 335 g/mol. The van der Waals surface area contributed by atoms with Crippen molar-refractivity contribution in [3.05, 3.63) is 83.9 Å². The topological polar surface area (TPSA) is 56.1 Å². The molecule has 5 heteroatoms. The van der Waals surface area contributed by atoms with Gasteiger partial charge in [0.05, 0.1) is 6.61 Å². The molecular formula is C20H21N3O2. The van der Waals surface area contributed by atoms with Crippen LogP contribution in [0.5, 0.6) is 5.75 Å². The van der Waals surface area contributed by atoms with Gasteiger partial charge < -0.3 is 14.6 Å². The summed E-state index contributed by atoms with van der Waals surface area (Å²) in [5.41, 5.74) is 1.56. The Morgan fingerprint density at radius 1 is 1.16 bits per heavy atom. The summed E-state index contributed by atoms with van der Waals surface area (Å²) in [5.74, 6) is 1.38. The van der Waals surface area contributed by atoms with E-state index in [1.54, 1.807) is 30.5 Å². The van der Waals surface area contributed by atoms with Crippen LogP contribution in [0.25, 0.3) is 0 Å². The SMILES string of the molecule is CCOc1ccc(C(=O)N[C@@H](c2ccccc2)c2nccn2C)cc1. The molecular weight excluding hydrogens is 314 g/mol. The van der Waals surface area contributed by atoms with Gasteiger partial charge in [-0.05, 0) is 36.8 Å². The molecule has 0 radical (unpaired) electrons. The van der Waals surface area contributed by atoms with E-state index in [4.69, 9.17) is 4.74 Å². The fraction of sp³-hybridized carbons (Fsp3) is 0.200. The van der Waals surface area contributed by atoms with Crippen molar-refractivity contribution < 1.29 is 9.53 Å². The highest BCUT2D eigenvalue weighted by Gasteiger charge is 2.21. The molecule has 128 valence electrons. The number of hydrogen-bond donors (Lipinski definition) is 1. The monoisotopic (exact) mass is 335 g/mol. The zero-order valence-corrected chi connectivity index (χ0v) is 14.3. The maximum atomic E-state index is 12.7. The normalized spacial score (nSPS) is 11.8. The number of aromatic nitrogens is 2. The second kappa shape index (κ2) is 7.66. The molecule has 0 bridgehead atoms. The summed E-state index contributed by atoms with van der Waals surface area (Å²) in [6.07, 6.45) is 3.60. The maximum Gasteiger partial charge on any atom is 0.252 e. The summed E-state index contributed by atoms with van der Waals surface area (Å²) in [4.78, 5) is 17.1. The van der Waals surface area contributed by atoms with Gasteiger partial charge >= 0.3 is 0 Å². The molecule has 5 nitrogen and oxygen atoms in total. The Labute approximate surface area is 147 Å². The lowest BCUT2D eigenvalue weighted by Gasteiger charge is -2.19. The minimum atomic E-state index is -0.319. The molecule has 0 unspecified atom stereocenters. The molecule has 1 heterocycles. The number of imidazole rings is 1. The molecule has 1 atom stereocenters. The number of nitrogens with one attached hydrogen (secondary N) is 1. The predicted octanol–water partition coefficient (Wildman–Crippen LogP) is 3.34. The second-order valence-corrected chi connectivity index (χ2v) is 5.67. The number of carbonyl (C=O) groups is 1. The van der Waals surface area contributed by atoms with E-state index in [0.29, 0.717) is 12.2 Å². The molecule has 1 amide bonds. The highest BCUT2D eigenvalue weighted by Crippen LogP contribution is 2.21. The summed E-state index contributed by atoms with van der Waals surface area (Å²) in [6, 6.07) is 16.6. The first-order valence-electron chi connectivity index (χ1n) is 8.25. The molecule has 0 aliphatic rings. The van der Waals surface area contributed by atoms with Crippen molar-refractivity contribution in [2.24, 2.45) is 7.05 Å². The lowest BCUT2D eigenvalue weighted by molar-refractivity contribution is 0.0941. The van der Waals surface area contributed by atoms with Gasteiger partial charge in [-0.1, -0.05) is 30.3 Å². The van der Waals surface area contributed by atoms with Crippen molar-refractivity contribution in [2.75, 3.05) is 6.61 Å². The van der Waals surface area contributed by atoms with Gasteiger partial charge in [0.2, 0.25) is 0 Å². The Kier molecular flexibility index (Phi) is 5.14. The Morgan fingerprint density at radius 2 is 1.88 bits per heavy atom. The number of hydrogen-bond acceptors (Lipinski definition) is 3. The number of rotatable bonds is 6. The highest BCUT2D eigenvalue weighted by molar-refractivity contribution is 5.94. The van der Waals surface area contributed by atoms with Gasteiger partial charge in [-0.25, -0.2) is 4.98 Å². The molecule has 0 aliphatic heterocycles. The van der Waals surface area contributed by atoms with E-state index < -0.39 is 0 Å². The maximum absolute atomic E-state index is 12.7. The molecule has 1 aromatic heterocycles. The average Bonchev–Trinajstić information content (AvgIpc) is 3.07. The van der Waals surface area contributed by atoms with Gasteiger partial charge in [0, 0.05) is 25.0 Å². The van der Waals surface area contributed by atoms with Crippen molar-refractivity contribution >= 4 is 5.91 Å². The van der Waals surface area contributed by atoms with E-state index in [1.165, 1.54) is 0 Å². The van der Waals surface area contributed by atoms with Crippen molar-refractivity contribution in [3.8, 4) is 5.75 Å². The lowest BCUT2D eigenvalue weighted by atomic mass is 10.1. The summed E-state index contributed by atoms with van der Waals surface area (Å²) in [5, 5.41) is 3.08. The summed E-state index contributed by atoms with van der Waals surface area (Å²) in [6.45, 7) is 2.53. The lowest BCUT2D eigenvalue weighted by Crippen LogP contribution is -2.31. The van der Waals surface area contributed by atoms with E-state index in [0.717, 1.165) is 17.1 Å². The van der Waals surface area contributed by atoms with Crippen LogP contribution in [0.15, 0.2) is 67.0 Å². The van der Waals surface area contributed by atoms with Gasteiger partial charge in [0.25, 0.3) is 5.91 Å². The molecule has 0 saturated heterocycles. The van der Waals surface area contributed by atoms with Crippen LogP contribution >= 0.6 is 0 Å². The van der Waals surface area contributed by atoms with Crippen LogP contribution in [0.4, 0.5) is 0 Å². The Bertz CT molecular complexity index is 826. The van der Waals surface area contributed by atoms with Crippen molar-refractivity contribution in [1.29, 1.82) is 0 Å². The van der Waals surface area contributed by atoms with E-state index in [1.807, 2.05) is 55.1 Å². The van der Waals surface area contributed by atoms with Gasteiger partial charge in [0.15, 0.2) is 0 Å². The molecule has 3 rings (SSSR count). The van der Waals surface area contributed by atoms with E-state index >= 15 is 0 Å². The highest BCUT2D eigenvalue weighted by atomic mass is 16.5. The van der Waals surface area contributed by atoms with Gasteiger partial charge in [-0.2, -0.15) is 0 Å². The molecule has 0 fully saturated rings. The molecule has 0 aliphatic carbocycles. The fourth-order valence-corrected chi connectivity index (χ4v) is 2.68. The number of nitrogens with zero attached hydrogens (tertiary/aromatic N) is 2. The second-order valence-electron chi connectivity index (χ2n) is 5.67. The quantitative estimate of drug-likeness (QED) is 0.752. The fourth-order valence-electron chi connectivity index (χ4n) is 2.68. The third-order valence-corrected chi connectivity index (χ3v) is 3.95. The molecule has 2 aromatic carbocycles. The number of carbonyl (C=O) groups excluding carboxylic acids is 1. The summed E-state index contributed by atoms with van der Waals surface area (Å²) < 4.78 is 7.33. The Morgan fingerprint density at radius 3 is 2.48 bits per heavy atom. The van der Waals surface area contributed by atoms with Crippen LogP contribution in [0, 0.1) is 0 Å². The van der Waals surface area contributed by atoms with Crippen molar-refractivity contribution in [3.63, 3.8) is 0 Å². The largest absolute Gasteiger partial charge is 0.494 e. The number of amides is 1. The van der Waals surface area contributed by atoms with Crippen molar-refractivity contribution in [2.45, 2.75) is 13.0 Å². The first-order chi connectivity index (χ1) is 12.2.